The quantitative estimate of drug-likeness (QED) is 0.409. The molecule has 39 heavy (non-hydrogen) atoms. The van der Waals surface area contributed by atoms with Crippen molar-refractivity contribution in [1.82, 2.24) is 15.2 Å². The van der Waals surface area contributed by atoms with E-state index in [1.807, 2.05) is 39.0 Å². The van der Waals surface area contributed by atoms with E-state index in [0.717, 1.165) is 34.4 Å². The van der Waals surface area contributed by atoms with Crippen LogP contribution in [0.1, 0.15) is 60.5 Å². The Balaban J connectivity index is 1.72. The van der Waals surface area contributed by atoms with E-state index in [9.17, 15) is 28.3 Å². The molecule has 1 unspecified atom stereocenters. The molecule has 2 aromatic carbocycles. The number of nitrogens with one attached hydrogen (secondary N) is 1. The lowest BCUT2D eigenvalue weighted by Crippen LogP contribution is -2.48. The van der Waals surface area contributed by atoms with Crippen LogP contribution in [-0.2, 0) is 14.4 Å². The third-order valence-electron chi connectivity index (χ3n) is 7.13. The second kappa shape index (κ2) is 11.7. The molecule has 0 saturated carbocycles. The Morgan fingerprint density at radius 1 is 1.08 bits per heavy atom. The summed E-state index contributed by atoms with van der Waals surface area (Å²) in [6.07, 6.45) is 3.59. The first-order valence-electron chi connectivity index (χ1n) is 12.8. The molecule has 3 atom stereocenters. The highest BCUT2D eigenvalue weighted by Crippen LogP contribution is 2.32. The summed E-state index contributed by atoms with van der Waals surface area (Å²) >= 11 is 0. The van der Waals surface area contributed by atoms with Gasteiger partial charge in [-0.25, -0.2) is 8.78 Å². The van der Waals surface area contributed by atoms with Crippen molar-refractivity contribution in [2.75, 3.05) is 6.54 Å². The molecule has 1 aromatic heterocycles. The molecule has 2 heterocycles. The van der Waals surface area contributed by atoms with Crippen LogP contribution in [0.15, 0.2) is 54.9 Å². The van der Waals surface area contributed by atoms with Crippen LogP contribution < -0.4 is 5.32 Å². The van der Waals surface area contributed by atoms with Crippen LogP contribution in [0, 0.1) is 31.4 Å². The van der Waals surface area contributed by atoms with E-state index in [0.29, 0.717) is 12.0 Å². The Kier molecular flexibility index (Phi) is 8.38. The van der Waals surface area contributed by atoms with Crippen molar-refractivity contribution in [2.45, 2.75) is 52.1 Å². The standard InChI is InChI=1S/C30H31F2N3O4/c1-17-7-10-26(36)35(16-17)29(20-8-9-23(31)24(32)12-20)30(39)34-25(13-27(37)38)21-11-22(15-33-14-21)28-18(2)5-4-6-19(28)3/h4-6,8-9,11-12,14-15,17,25,29H,7,10,13,16H2,1-3H3,(H,34,39)(H,37,38)/t17?,25-,29-/m0/s1. The number of hydrogen-bond donors (Lipinski definition) is 2. The predicted molar refractivity (Wildman–Crippen MR) is 141 cm³/mol. The third kappa shape index (κ3) is 6.30. The van der Waals surface area contributed by atoms with Gasteiger partial charge in [0.1, 0.15) is 6.04 Å². The number of amides is 2. The van der Waals surface area contributed by atoms with Crippen LogP contribution in [0.3, 0.4) is 0 Å². The fourth-order valence-corrected chi connectivity index (χ4v) is 5.18. The number of piperidine rings is 1. The van der Waals surface area contributed by atoms with E-state index in [-0.39, 0.29) is 30.4 Å². The number of aromatic nitrogens is 1. The van der Waals surface area contributed by atoms with Crippen LogP contribution >= 0.6 is 0 Å². The second-order valence-corrected chi connectivity index (χ2v) is 10.2. The van der Waals surface area contributed by atoms with Crippen molar-refractivity contribution >= 4 is 17.8 Å². The van der Waals surface area contributed by atoms with Gasteiger partial charge in [0.15, 0.2) is 11.6 Å². The van der Waals surface area contributed by atoms with Gasteiger partial charge in [-0.3, -0.25) is 19.4 Å². The van der Waals surface area contributed by atoms with Crippen molar-refractivity contribution in [3.63, 3.8) is 0 Å². The number of likely N-dealkylation sites (tertiary alicyclic amines) is 1. The number of rotatable bonds is 8. The van der Waals surface area contributed by atoms with Gasteiger partial charge in [-0.1, -0.05) is 31.2 Å². The van der Waals surface area contributed by atoms with E-state index < -0.39 is 42.0 Å². The maximum atomic E-state index is 14.2. The third-order valence-corrected chi connectivity index (χ3v) is 7.13. The van der Waals surface area contributed by atoms with Crippen molar-refractivity contribution in [2.24, 2.45) is 5.92 Å². The fraction of sp³-hybridized carbons (Fsp3) is 0.333. The Morgan fingerprint density at radius 2 is 1.79 bits per heavy atom. The normalized spacial score (nSPS) is 17.0. The summed E-state index contributed by atoms with van der Waals surface area (Å²) in [5.41, 5.74) is 4.33. The molecule has 7 nitrogen and oxygen atoms in total. The van der Waals surface area contributed by atoms with Crippen LogP contribution in [0.2, 0.25) is 0 Å². The van der Waals surface area contributed by atoms with Gasteiger partial charge in [-0.2, -0.15) is 0 Å². The van der Waals surface area contributed by atoms with Crippen molar-refractivity contribution < 1.29 is 28.3 Å². The van der Waals surface area contributed by atoms with Gasteiger partial charge in [0.05, 0.1) is 12.5 Å². The zero-order chi connectivity index (χ0) is 28.3. The molecule has 0 bridgehead atoms. The molecule has 0 radical (unpaired) electrons. The molecular weight excluding hydrogens is 504 g/mol. The molecular formula is C30H31F2N3O4. The molecule has 9 heteroatoms. The first kappa shape index (κ1) is 27.9. The molecule has 0 spiro atoms. The predicted octanol–water partition coefficient (Wildman–Crippen LogP) is 5.28. The molecule has 0 aliphatic carbocycles. The van der Waals surface area contributed by atoms with Crippen LogP contribution in [0.25, 0.3) is 11.1 Å². The molecule has 1 saturated heterocycles. The summed E-state index contributed by atoms with van der Waals surface area (Å²) in [6.45, 7) is 6.13. The van der Waals surface area contributed by atoms with Crippen LogP contribution in [0.5, 0.6) is 0 Å². The van der Waals surface area contributed by atoms with Crippen molar-refractivity contribution in [3.8, 4) is 11.1 Å². The first-order valence-corrected chi connectivity index (χ1v) is 12.8. The smallest absolute Gasteiger partial charge is 0.305 e. The number of nitrogens with zero attached hydrogens (tertiary/aromatic N) is 2. The second-order valence-electron chi connectivity index (χ2n) is 10.2. The number of aryl methyl sites for hydroxylation is 2. The number of carboxylic acids is 1. The number of carbonyl (C=O) groups excluding carboxylic acids is 2. The Bertz CT molecular complexity index is 1390. The summed E-state index contributed by atoms with van der Waals surface area (Å²) in [4.78, 5) is 44.2. The topological polar surface area (TPSA) is 99.6 Å². The minimum absolute atomic E-state index is 0.0938. The first-order chi connectivity index (χ1) is 18.5. The van der Waals surface area contributed by atoms with E-state index in [2.05, 4.69) is 10.3 Å². The van der Waals surface area contributed by atoms with Crippen molar-refractivity contribution in [1.29, 1.82) is 0 Å². The van der Waals surface area contributed by atoms with Crippen molar-refractivity contribution in [3.05, 3.63) is 88.7 Å². The number of pyridine rings is 1. The van der Waals surface area contributed by atoms with E-state index in [1.165, 1.54) is 17.2 Å². The molecule has 2 amide bonds. The van der Waals surface area contributed by atoms with Gasteiger partial charge in [-0.05, 0) is 72.2 Å². The van der Waals surface area contributed by atoms with Gasteiger partial charge in [0.2, 0.25) is 11.8 Å². The van der Waals surface area contributed by atoms with Gasteiger partial charge in [0.25, 0.3) is 0 Å². The summed E-state index contributed by atoms with van der Waals surface area (Å²) in [5, 5.41) is 12.4. The van der Waals surface area contributed by atoms with Crippen LogP contribution in [0.4, 0.5) is 8.78 Å². The lowest BCUT2D eigenvalue weighted by Gasteiger charge is -2.37. The number of aliphatic carboxylic acids is 1. The average Bonchev–Trinajstić information content (AvgIpc) is 2.88. The summed E-state index contributed by atoms with van der Waals surface area (Å²) in [5.74, 6) is -4.25. The van der Waals surface area contributed by atoms with Crippen LogP contribution in [-0.4, -0.2) is 39.3 Å². The lowest BCUT2D eigenvalue weighted by molar-refractivity contribution is -0.145. The molecule has 3 aromatic rings. The van der Waals surface area contributed by atoms with E-state index in [4.69, 9.17) is 0 Å². The molecule has 1 aliphatic heterocycles. The highest BCUT2D eigenvalue weighted by atomic mass is 19.2. The fourth-order valence-electron chi connectivity index (χ4n) is 5.18. The number of halogens is 2. The monoisotopic (exact) mass is 535 g/mol. The largest absolute Gasteiger partial charge is 0.481 e. The maximum absolute atomic E-state index is 14.2. The molecule has 2 N–H and O–H groups in total. The number of benzene rings is 2. The SMILES string of the molecule is Cc1cccc(C)c1-c1cncc([C@H](CC(=O)O)NC(=O)[C@H](c2ccc(F)c(F)c2)N2CC(C)CCC2=O)c1. The summed E-state index contributed by atoms with van der Waals surface area (Å²) < 4.78 is 27.9. The van der Waals surface area contributed by atoms with E-state index >= 15 is 0 Å². The Labute approximate surface area is 225 Å². The molecule has 4 rings (SSSR count). The molecule has 1 aliphatic rings. The van der Waals surface area contributed by atoms with E-state index in [1.54, 1.807) is 12.3 Å². The summed E-state index contributed by atoms with van der Waals surface area (Å²) in [7, 11) is 0. The molecule has 1 fully saturated rings. The Hall–Kier alpha value is -4.14. The maximum Gasteiger partial charge on any atom is 0.305 e. The highest BCUT2D eigenvalue weighted by molar-refractivity contribution is 5.89. The number of carbonyl (C=O) groups is 3. The highest BCUT2D eigenvalue weighted by Gasteiger charge is 2.36. The van der Waals surface area contributed by atoms with Gasteiger partial charge >= 0.3 is 5.97 Å². The average molecular weight is 536 g/mol. The number of hydrogen-bond acceptors (Lipinski definition) is 4. The zero-order valence-electron chi connectivity index (χ0n) is 22.1. The van der Waals surface area contributed by atoms with Gasteiger partial charge in [0, 0.05) is 30.9 Å². The minimum atomic E-state index is -1.26. The summed E-state index contributed by atoms with van der Waals surface area (Å²) in [6, 6.07) is 8.50. The number of carboxylic acid groups (broad SMARTS) is 1. The lowest BCUT2D eigenvalue weighted by atomic mass is 9.93. The zero-order valence-corrected chi connectivity index (χ0v) is 22.1. The van der Waals surface area contributed by atoms with Gasteiger partial charge in [-0.15, -0.1) is 0 Å². The molecule has 204 valence electrons. The van der Waals surface area contributed by atoms with Gasteiger partial charge < -0.3 is 15.3 Å². The minimum Gasteiger partial charge on any atom is -0.481 e. The Morgan fingerprint density at radius 3 is 2.46 bits per heavy atom.